The highest BCUT2D eigenvalue weighted by molar-refractivity contribution is 5.53. The van der Waals surface area contributed by atoms with E-state index in [-0.39, 0.29) is 5.60 Å². The molecule has 3 aliphatic heterocycles. The second-order valence-corrected chi connectivity index (χ2v) is 7.75. The monoisotopic (exact) mass is 356 g/mol. The second-order valence-electron chi connectivity index (χ2n) is 7.75. The molecule has 1 atom stereocenters. The van der Waals surface area contributed by atoms with Gasteiger partial charge < -0.3 is 19.7 Å². The lowest BCUT2D eigenvalue weighted by Gasteiger charge is -2.45. The maximum Gasteiger partial charge on any atom is 0.146 e. The van der Waals surface area contributed by atoms with Gasteiger partial charge in [0.2, 0.25) is 0 Å². The summed E-state index contributed by atoms with van der Waals surface area (Å²) >= 11 is 0. The maximum absolute atomic E-state index is 9.29. The SMILES string of the molecule is N#Cc1cccnc1N1CCC(N[C@@H]2CCOC3(CCOCC3)C2)CC1. The fourth-order valence-electron chi connectivity index (χ4n) is 4.59. The molecule has 4 rings (SSSR count). The molecule has 0 bridgehead atoms. The molecule has 0 radical (unpaired) electrons. The molecule has 6 heteroatoms. The Hall–Kier alpha value is -1.68. The van der Waals surface area contributed by atoms with Crippen LogP contribution in [0.2, 0.25) is 0 Å². The minimum Gasteiger partial charge on any atom is -0.381 e. The standard InChI is InChI=1S/C20H28N4O2/c21-15-16-2-1-8-22-19(16)24-9-3-17(4-10-24)23-18-5-11-26-20(14-18)6-12-25-13-7-20/h1-2,8,17-18,23H,3-7,9-14H2/t18-/m1/s1. The Labute approximate surface area is 155 Å². The molecule has 0 aliphatic carbocycles. The van der Waals surface area contributed by atoms with Gasteiger partial charge in [-0.1, -0.05) is 0 Å². The second kappa shape index (κ2) is 7.91. The third-order valence-corrected chi connectivity index (χ3v) is 6.07. The zero-order chi connectivity index (χ0) is 17.8. The number of piperidine rings is 1. The molecule has 3 saturated heterocycles. The minimum absolute atomic E-state index is 0.0462. The van der Waals surface area contributed by atoms with E-state index in [9.17, 15) is 5.26 Å². The van der Waals surface area contributed by atoms with Crippen molar-refractivity contribution >= 4 is 5.82 Å². The lowest BCUT2D eigenvalue weighted by atomic mass is 9.83. The molecule has 1 N–H and O–H groups in total. The molecule has 0 saturated carbocycles. The predicted octanol–water partition coefficient (Wildman–Crippen LogP) is 2.24. The van der Waals surface area contributed by atoms with Crippen molar-refractivity contribution in [1.82, 2.24) is 10.3 Å². The average molecular weight is 356 g/mol. The summed E-state index contributed by atoms with van der Waals surface area (Å²) in [6.45, 7) is 4.42. The number of nitrogens with one attached hydrogen (secondary N) is 1. The topological polar surface area (TPSA) is 70.4 Å². The Balaban J connectivity index is 1.30. The zero-order valence-corrected chi connectivity index (χ0v) is 15.3. The molecule has 0 amide bonds. The highest BCUT2D eigenvalue weighted by Gasteiger charge is 2.39. The number of hydrogen-bond acceptors (Lipinski definition) is 6. The van der Waals surface area contributed by atoms with Gasteiger partial charge in [-0.05, 0) is 50.7 Å². The van der Waals surface area contributed by atoms with Gasteiger partial charge in [0.25, 0.3) is 0 Å². The lowest BCUT2D eigenvalue weighted by molar-refractivity contribution is -0.141. The van der Waals surface area contributed by atoms with E-state index >= 15 is 0 Å². The number of anilines is 1. The number of nitrogens with zero attached hydrogens (tertiary/aromatic N) is 3. The predicted molar refractivity (Wildman–Crippen MR) is 99.1 cm³/mol. The Morgan fingerprint density at radius 1 is 1.15 bits per heavy atom. The van der Waals surface area contributed by atoms with Crippen LogP contribution in [0.4, 0.5) is 5.82 Å². The van der Waals surface area contributed by atoms with Crippen molar-refractivity contribution in [3.63, 3.8) is 0 Å². The smallest absolute Gasteiger partial charge is 0.146 e. The summed E-state index contributed by atoms with van der Waals surface area (Å²) in [6, 6.07) is 7.02. The third kappa shape index (κ3) is 3.85. The molecule has 0 unspecified atom stereocenters. The number of pyridine rings is 1. The van der Waals surface area contributed by atoms with E-state index in [4.69, 9.17) is 9.47 Å². The van der Waals surface area contributed by atoms with Gasteiger partial charge in [0.15, 0.2) is 0 Å². The van der Waals surface area contributed by atoms with Gasteiger partial charge in [-0.15, -0.1) is 0 Å². The normalized spacial score (nSPS) is 26.6. The van der Waals surface area contributed by atoms with Crippen molar-refractivity contribution in [2.75, 3.05) is 37.8 Å². The first-order valence-electron chi connectivity index (χ1n) is 9.86. The van der Waals surface area contributed by atoms with E-state index in [2.05, 4.69) is 21.3 Å². The minimum atomic E-state index is 0.0462. The largest absolute Gasteiger partial charge is 0.381 e. The van der Waals surface area contributed by atoms with E-state index in [1.54, 1.807) is 6.20 Å². The summed E-state index contributed by atoms with van der Waals surface area (Å²) in [7, 11) is 0. The van der Waals surface area contributed by atoms with Crippen LogP contribution in [0.25, 0.3) is 0 Å². The fraction of sp³-hybridized carbons (Fsp3) is 0.700. The summed E-state index contributed by atoms with van der Waals surface area (Å²) in [5.74, 6) is 0.834. The first-order chi connectivity index (χ1) is 12.8. The van der Waals surface area contributed by atoms with Gasteiger partial charge in [0, 0.05) is 51.2 Å². The summed E-state index contributed by atoms with van der Waals surface area (Å²) in [5, 5.41) is 13.2. The fourth-order valence-corrected chi connectivity index (χ4v) is 4.59. The quantitative estimate of drug-likeness (QED) is 0.896. The van der Waals surface area contributed by atoms with E-state index in [1.165, 1.54) is 0 Å². The highest BCUT2D eigenvalue weighted by Crippen LogP contribution is 2.34. The van der Waals surface area contributed by atoms with E-state index < -0.39 is 0 Å². The van der Waals surface area contributed by atoms with Crippen LogP contribution in [-0.4, -0.2) is 55.6 Å². The molecule has 26 heavy (non-hydrogen) atoms. The first-order valence-corrected chi connectivity index (χ1v) is 9.86. The van der Waals surface area contributed by atoms with Crippen LogP contribution in [0.5, 0.6) is 0 Å². The molecule has 4 heterocycles. The lowest BCUT2D eigenvalue weighted by Crippen LogP contribution is -2.53. The van der Waals surface area contributed by atoms with E-state index in [0.717, 1.165) is 77.3 Å². The Kier molecular flexibility index (Phi) is 5.39. The summed E-state index contributed by atoms with van der Waals surface area (Å²) in [5.41, 5.74) is 0.717. The van der Waals surface area contributed by atoms with Crippen molar-refractivity contribution in [2.24, 2.45) is 0 Å². The molecule has 1 aromatic rings. The van der Waals surface area contributed by atoms with Gasteiger partial charge in [0.1, 0.15) is 11.9 Å². The van der Waals surface area contributed by atoms with Gasteiger partial charge in [-0.3, -0.25) is 0 Å². The van der Waals surface area contributed by atoms with Crippen molar-refractivity contribution in [1.29, 1.82) is 5.26 Å². The van der Waals surface area contributed by atoms with E-state index in [0.29, 0.717) is 17.6 Å². The average Bonchev–Trinajstić information content (AvgIpc) is 2.69. The highest BCUT2D eigenvalue weighted by atomic mass is 16.5. The van der Waals surface area contributed by atoms with Crippen molar-refractivity contribution in [3.8, 4) is 6.07 Å². The molecule has 1 spiro atoms. The summed E-state index contributed by atoms with van der Waals surface area (Å²) in [6.07, 6.45) is 8.22. The van der Waals surface area contributed by atoms with Crippen molar-refractivity contribution in [3.05, 3.63) is 23.9 Å². The molecular formula is C20H28N4O2. The first kappa shape index (κ1) is 17.7. The number of hydrogen-bond donors (Lipinski definition) is 1. The van der Waals surface area contributed by atoms with Crippen LogP contribution >= 0.6 is 0 Å². The summed E-state index contributed by atoms with van der Waals surface area (Å²) < 4.78 is 11.7. The van der Waals surface area contributed by atoms with Crippen molar-refractivity contribution in [2.45, 2.75) is 56.2 Å². The number of rotatable bonds is 3. The van der Waals surface area contributed by atoms with Crippen LogP contribution in [-0.2, 0) is 9.47 Å². The molecule has 6 nitrogen and oxygen atoms in total. The Bertz CT molecular complexity index is 640. The Morgan fingerprint density at radius 2 is 1.96 bits per heavy atom. The number of ether oxygens (including phenoxy) is 2. The molecule has 0 aromatic carbocycles. The van der Waals surface area contributed by atoms with Crippen LogP contribution < -0.4 is 10.2 Å². The van der Waals surface area contributed by atoms with Crippen LogP contribution in [0, 0.1) is 11.3 Å². The molecule has 1 aromatic heterocycles. The zero-order valence-electron chi connectivity index (χ0n) is 15.3. The van der Waals surface area contributed by atoms with Crippen LogP contribution in [0.1, 0.15) is 44.1 Å². The molecular weight excluding hydrogens is 328 g/mol. The van der Waals surface area contributed by atoms with Gasteiger partial charge in [-0.2, -0.15) is 5.26 Å². The van der Waals surface area contributed by atoms with Crippen LogP contribution in [0.3, 0.4) is 0 Å². The maximum atomic E-state index is 9.29. The molecule has 140 valence electrons. The van der Waals surface area contributed by atoms with Crippen LogP contribution in [0.15, 0.2) is 18.3 Å². The molecule has 3 fully saturated rings. The number of nitriles is 1. The number of aromatic nitrogens is 1. The van der Waals surface area contributed by atoms with E-state index in [1.807, 2.05) is 12.1 Å². The van der Waals surface area contributed by atoms with Crippen molar-refractivity contribution < 1.29 is 9.47 Å². The Morgan fingerprint density at radius 3 is 2.73 bits per heavy atom. The summed E-state index contributed by atoms with van der Waals surface area (Å²) in [4.78, 5) is 6.68. The molecule has 3 aliphatic rings. The van der Waals surface area contributed by atoms with Gasteiger partial charge >= 0.3 is 0 Å². The van der Waals surface area contributed by atoms with Gasteiger partial charge in [-0.25, -0.2) is 4.98 Å². The van der Waals surface area contributed by atoms with Gasteiger partial charge in [0.05, 0.1) is 11.2 Å². The third-order valence-electron chi connectivity index (χ3n) is 6.07.